The zero-order valence-electron chi connectivity index (χ0n) is 17.1. The number of carbonyl (C=O) groups is 1. The fraction of sp³-hybridized carbons (Fsp3) is 0.524. The third-order valence-electron chi connectivity index (χ3n) is 5.26. The van der Waals surface area contributed by atoms with E-state index in [0.29, 0.717) is 24.0 Å². The Morgan fingerprint density at radius 3 is 2.72 bits per heavy atom. The van der Waals surface area contributed by atoms with Crippen LogP contribution in [0.2, 0.25) is 5.02 Å². The van der Waals surface area contributed by atoms with Gasteiger partial charge < -0.3 is 19.2 Å². The molecule has 29 heavy (non-hydrogen) atoms. The molecule has 0 bridgehead atoms. The first-order valence-corrected chi connectivity index (χ1v) is 10.2. The minimum atomic E-state index is -0.414. The zero-order valence-corrected chi connectivity index (χ0v) is 17.9. The van der Waals surface area contributed by atoms with Gasteiger partial charge >= 0.3 is 0 Å². The van der Waals surface area contributed by atoms with Crippen molar-refractivity contribution in [1.29, 1.82) is 0 Å². The second-order valence-electron chi connectivity index (χ2n) is 7.23. The topological polar surface area (TPSA) is 76.8 Å². The van der Waals surface area contributed by atoms with E-state index in [0.717, 1.165) is 42.9 Å². The predicted octanol–water partition coefficient (Wildman–Crippen LogP) is 3.25. The number of hydrogen-bond donors (Lipinski definition) is 1. The van der Waals surface area contributed by atoms with E-state index < -0.39 is 6.29 Å². The molecule has 1 aromatic carbocycles. The Balaban J connectivity index is 1.51. The van der Waals surface area contributed by atoms with Gasteiger partial charge in [-0.15, -0.1) is 0 Å². The number of aryl methyl sites for hydroxylation is 1. The molecule has 1 aromatic heterocycles. The van der Waals surface area contributed by atoms with Gasteiger partial charge in [-0.25, -0.2) is 4.98 Å². The lowest BCUT2D eigenvalue weighted by molar-refractivity contribution is -0.132. The van der Waals surface area contributed by atoms with Crippen molar-refractivity contribution in [2.45, 2.75) is 32.6 Å². The van der Waals surface area contributed by atoms with Crippen LogP contribution in [0.3, 0.4) is 0 Å². The molecule has 1 N–H and O–H groups in total. The van der Waals surface area contributed by atoms with Crippen molar-refractivity contribution >= 4 is 17.5 Å². The summed E-state index contributed by atoms with van der Waals surface area (Å²) in [5, 5.41) is 3.56. The molecule has 2 heterocycles. The van der Waals surface area contributed by atoms with Crippen LogP contribution in [0.25, 0.3) is 11.5 Å². The number of amides is 1. The first kappa shape index (κ1) is 21.8. The second kappa shape index (κ2) is 10.2. The van der Waals surface area contributed by atoms with Crippen LogP contribution in [-0.2, 0) is 20.8 Å². The van der Waals surface area contributed by atoms with Crippen LogP contribution in [0.5, 0.6) is 0 Å². The standard InChI is InChI=1S/C21H28ClN3O4/c1-14-18(24-21(29-14)16-5-4-6-17(22)11-16)13-25-9-7-15(8-10-25)20(26)23-12-19(27-2)28-3/h4-6,11,15,19H,7-10,12-13H2,1-3H3,(H,23,26). The number of oxazole rings is 1. The van der Waals surface area contributed by atoms with E-state index in [1.807, 2.05) is 31.2 Å². The maximum Gasteiger partial charge on any atom is 0.226 e. The molecule has 0 atom stereocenters. The lowest BCUT2D eigenvalue weighted by atomic mass is 9.96. The Hall–Kier alpha value is -1.93. The third-order valence-corrected chi connectivity index (χ3v) is 5.50. The van der Waals surface area contributed by atoms with Gasteiger partial charge in [-0.1, -0.05) is 17.7 Å². The number of aromatic nitrogens is 1. The fourth-order valence-electron chi connectivity index (χ4n) is 3.48. The van der Waals surface area contributed by atoms with Crippen LogP contribution < -0.4 is 5.32 Å². The Bertz CT molecular complexity index is 814. The Kier molecular flexibility index (Phi) is 7.66. The number of likely N-dealkylation sites (tertiary alicyclic amines) is 1. The molecule has 3 rings (SSSR count). The Morgan fingerprint density at radius 1 is 1.34 bits per heavy atom. The lowest BCUT2D eigenvalue weighted by Crippen LogP contribution is -2.42. The number of nitrogens with zero attached hydrogens (tertiary/aromatic N) is 2. The van der Waals surface area contributed by atoms with Gasteiger partial charge in [-0.3, -0.25) is 9.69 Å². The molecular weight excluding hydrogens is 394 g/mol. The molecule has 8 heteroatoms. The average Bonchev–Trinajstić information content (AvgIpc) is 3.09. The number of carbonyl (C=O) groups excluding carboxylic acids is 1. The zero-order chi connectivity index (χ0) is 20.8. The number of piperidine rings is 1. The van der Waals surface area contributed by atoms with Crippen LogP contribution in [-0.4, -0.2) is 55.9 Å². The Labute approximate surface area is 176 Å². The highest BCUT2D eigenvalue weighted by atomic mass is 35.5. The normalized spacial score (nSPS) is 15.8. The van der Waals surface area contributed by atoms with Crippen molar-refractivity contribution in [3.8, 4) is 11.5 Å². The molecule has 0 radical (unpaired) electrons. The molecule has 1 amide bonds. The van der Waals surface area contributed by atoms with Crippen molar-refractivity contribution in [1.82, 2.24) is 15.2 Å². The highest BCUT2D eigenvalue weighted by Gasteiger charge is 2.26. The van der Waals surface area contributed by atoms with Gasteiger partial charge in [-0.2, -0.15) is 0 Å². The number of ether oxygens (including phenoxy) is 2. The van der Waals surface area contributed by atoms with Crippen LogP contribution in [0.4, 0.5) is 0 Å². The summed E-state index contributed by atoms with van der Waals surface area (Å²) in [6, 6.07) is 7.49. The molecule has 0 unspecified atom stereocenters. The summed E-state index contributed by atoms with van der Waals surface area (Å²) in [4.78, 5) is 19.3. The minimum Gasteiger partial charge on any atom is -0.441 e. The van der Waals surface area contributed by atoms with E-state index in [2.05, 4.69) is 15.2 Å². The quantitative estimate of drug-likeness (QED) is 0.659. The van der Waals surface area contributed by atoms with E-state index >= 15 is 0 Å². The van der Waals surface area contributed by atoms with Crippen LogP contribution in [0, 0.1) is 12.8 Å². The summed E-state index contributed by atoms with van der Waals surface area (Å²) in [5.41, 5.74) is 1.79. The minimum absolute atomic E-state index is 0.0149. The SMILES string of the molecule is COC(CNC(=O)C1CCN(Cc2nc(-c3cccc(Cl)c3)oc2C)CC1)OC. The van der Waals surface area contributed by atoms with Gasteiger partial charge in [0.2, 0.25) is 11.8 Å². The fourth-order valence-corrected chi connectivity index (χ4v) is 3.67. The number of rotatable bonds is 8. The smallest absolute Gasteiger partial charge is 0.226 e. The van der Waals surface area contributed by atoms with E-state index in [1.165, 1.54) is 0 Å². The average molecular weight is 422 g/mol. The molecule has 158 valence electrons. The molecule has 1 fully saturated rings. The maximum absolute atomic E-state index is 12.4. The summed E-state index contributed by atoms with van der Waals surface area (Å²) in [6.07, 6.45) is 1.21. The molecule has 1 aliphatic rings. The molecule has 0 aliphatic carbocycles. The highest BCUT2D eigenvalue weighted by molar-refractivity contribution is 6.30. The van der Waals surface area contributed by atoms with Crippen molar-refractivity contribution < 1.29 is 18.7 Å². The molecule has 1 saturated heterocycles. The summed E-state index contributed by atoms with van der Waals surface area (Å²) >= 11 is 6.07. The van der Waals surface area contributed by atoms with Gasteiger partial charge in [0.05, 0.1) is 12.2 Å². The largest absolute Gasteiger partial charge is 0.441 e. The summed E-state index contributed by atoms with van der Waals surface area (Å²) in [7, 11) is 3.12. The van der Waals surface area contributed by atoms with Gasteiger partial charge in [-0.05, 0) is 51.1 Å². The van der Waals surface area contributed by atoms with E-state index in [9.17, 15) is 4.79 Å². The van der Waals surface area contributed by atoms with Gasteiger partial charge in [0.25, 0.3) is 0 Å². The van der Waals surface area contributed by atoms with E-state index in [-0.39, 0.29) is 11.8 Å². The van der Waals surface area contributed by atoms with Crippen molar-refractivity contribution in [3.63, 3.8) is 0 Å². The second-order valence-corrected chi connectivity index (χ2v) is 7.67. The molecule has 1 aliphatic heterocycles. The predicted molar refractivity (Wildman–Crippen MR) is 111 cm³/mol. The number of hydrogen-bond acceptors (Lipinski definition) is 6. The number of nitrogens with one attached hydrogen (secondary N) is 1. The summed E-state index contributed by atoms with van der Waals surface area (Å²) in [6.45, 7) is 4.68. The van der Waals surface area contributed by atoms with Gasteiger partial charge in [0, 0.05) is 37.3 Å². The summed E-state index contributed by atoms with van der Waals surface area (Å²) in [5.74, 6) is 1.47. The number of benzene rings is 1. The van der Waals surface area contributed by atoms with Crippen molar-refractivity contribution in [2.75, 3.05) is 33.9 Å². The molecular formula is C21H28ClN3O4. The maximum atomic E-state index is 12.4. The molecule has 0 saturated carbocycles. The monoisotopic (exact) mass is 421 g/mol. The van der Waals surface area contributed by atoms with Crippen molar-refractivity contribution in [3.05, 3.63) is 40.7 Å². The number of halogens is 1. The third kappa shape index (κ3) is 5.79. The van der Waals surface area contributed by atoms with Crippen LogP contribution in [0.1, 0.15) is 24.3 Å². The first-order chi connectivity index (χ1) is 14.0. The van der Waals surface area contributed by atoms with Gasteiger partial charge in [0.1, 0.15) is 5.76 Å². The van der Waals surface area contributed by atoms with Crippen LogP contribution >= 0.6 is 11.6 Å². The molecule has 2 aromatic rings. The van der Waals surface area contributed by atoms with Crippen LogP contribution in [0.15, 0.2) is 28.7 Å². The molecule has 7 nitrogen and oxygen atoms in total. The lowest BCUT2D eigenvalue weighted by Gasteiger charge is -2.31. The number of methoxy groups -OCH3 is 2. The van der Waals surface area contributed by atoms with E-state index in [1.54, 1.807) is 14.2 Å². The first-order valence-electron chi connectivity index (χ1n) is 9.78. The van der Waals surface area contributed by atoms with Gasteiger partial charge in [0.15, 0.2) is 6.29 Å². The van der Waals surface area contributed by atoms with Crippen molar-refractivity contribution in [2.24, 2.45) is 5.92 Å². The summed E-state index contributed by atoms with van der Waals surface area (Å²) < 4.78 is 16.1. The van der Waals surface area contributed by atoms with E-state index in [4.69, 9.17) is 25.5 Å². The molecule has 0 spiro atoms. The highest BCUT2D eigenvalue weighted by Crippen LogP contribution is 2.26. The Morgan fingerprint density at radius 2 is 2.07 bits per heavy atom.